The van der Waals surface area contributed by atoms with Crippen molar-refractivity contribution in [1.82, 2.24) is 10.2 Å². The van der Waals surface area contributed by atoms with Gasteiger partial charge in [0.1, 0.15) is 11.4 Å². The number of nitrogens with one attached hydrogen (secondary N) is 2. The topological polar surface area (TPSA) is 56.2 Å². The maximum absolute atomic E-state index is 12.0. The highest BCUT2D eigenvalue weighted by Gasteiger charge is 2.61. The number of carbonyl (C=O) groups excluding carboxylic acids is 1. The van der Waals surface area contributed by atoms with E-state index in [2.05, 4.69) is 33.0 Å². The van der Waals surface area contributed by atoms with E-state index < -0.39 is 0 Å². The molecule has 2 aliphatic rings. The molecule has 0 radical (unpaired) electrons. The molecule has 0 aromatic rings. The zero-order valence-corrected chi connectivity index (χ0v) is 11.3. The third-order valence-corrected chi connectivity index (χ3v) is 4.36. The predicted molar refractivity (Wildman–Crippen MR) is 68.2 cm³/mol. The van der Waals surface area contributed by atoms with Crippen LogP contribution in [0.15, 0.2) is 0 Å². The van der Waals surface area contributed by atoms with E-state index in [1.165, 1.54) is 0 Å². The van der Waals surface area contributed by atoms with Crippen molar-refractivity contribution in [2.24, 2.45) is 11.3 Å². The number of amides is 2. The molecule has 2 N–H and O–H groups in total. The molecule has 1 unspecified atom stereocenters. The fourth-order valence-electron chi connectivity index (χ4n) is 3.49. The van der Waals surface area contributed by atoms with Gasteiger partial charge in [0.05, 0.1) is 0 Å². The first kappa shape index (κ1) is 12.4. The Hall–Kier alpha value is -1.06. The van der Waals surface area contributed by atoms with E-state index in [-0.39, 0.29) is 17.0 Å². The minimum Gasteiger partial charge on any atom is -0.311 e. The van der Waals surface area contributed by atoms with Crippen molar-refractivity contribution in [2.45, 2.75) is 52.5 Å². The summed E-state index contributed by atoms with van der Waals surface area (Å²) in [5, 5.41) is 10.9. The summed E-state index contributed by atoms with van der Waals surface area (Å²) in [6, 6.07) is -0.0846. The number of amidine groups is 1. The van der Waals surface area contributed by atoms with Crippen molar-refractivity contribution < 1.29 is 4.79 Å². The lowest BCUT2D eigenvalue weighted by atomic mass is 9.73. The summed E-state index contributed by atoms with van der Waals surface area (Å²) >= 11 is 0. The highest BCUT2D eigenvalue weighted by molar-refractivity contribution is 6.09. The number of urea groups is 1. The summed E-state index contributed by atoms with van der Waals surface area (Å²) in [6.07, 6.45) is 3.10. The van der Waals surface area contributed by atoms with Gasteiger partial charge >= 0.3 is 6.03 Å². The van der Waals surface area contributed by atoms with E-state index in [0.717, 1.165) is 25.8 Å². The normalized spacial score (nSPS) is 31.7. The molecule has 2 amide bonds. The average Bonchev–Trinajstić information content (AvgIpc) is 2.60. The molecular weight excluding hydrogens is 214 g/mol. The quantitative estimate of drug-likeness (QED) is 0.762. The third kappa shape index (κ3) is 1.57. The van der Waals surface area contributed by atoms with Crippen molar-refractivity contribution in [2.75, 3.05) is 6.54 Å². The molecule has 4 nitrogen and oxygen atoms in total. The van der Waals surface area contributed by atoms with Gasteiger partial charge in [0.25, 0.3) is 0 Å². The number of hydrogen-bond donors (Lipinski definition) is 2. The molecule has 1 aliphatic heterocycles. The van der Waals surface area contributed by atoms with Crippen molar-refractivity contribution in [1.29, 1.82) is 5.41 Å². The Morgan fingerprint density at radius 2 is 2.06 bits per heavy atom. The Morgan fingerprint density at radius 1 is 1.41 bits per heavy atom. The first-order valence-electron chi connectivity index (χ1n) is 6.49. The summed E-state index contributed by atoms with van der Waals surface area (Å²) in [4.78, 5) is 14.0. The number of hydrogen-bond acceptors (Lipinski definition) is 2. The maximum Gasteiger partial charge on any atom is 0.323 e. The molecule has 0 bridgehead atoms. The van der Waals surface area contributed by atoms with Crippen LogP contribution in [0.25, 0.3) is 0 Å². The fraction of sp³-hybridized carbons (Fsp3) is 0.846. The standard InChI is InChI=1S/C13H23N3O/c1-9(2)8-16-11(17)15-10(14)13(16)7-5-6-12(13,3)4/h9H,5-8H2,1-4H3,(H2,14,15,17). The summed E-state index contributed by atoms with van der Waals surface area (Å²) in [5.74, 6) is 0.838. The van der Waals surface area contributed by atoms with Crippen LogP contribution in [0.2, 0.25) is 0 Å². The molecule has 2 fully saturated rings. The lowest BCUT2D eigenvalue weighted by molar-refractivity contribution is 0.0969. The Labute approximate surface area is 103 Å². The van der Waals surface area contributed by atoms with E-state index in [9.17, 15) is 4.79 Å². The number of carbonyl (C=O) groups is 1. The summed E-state index contributed by atoms with van der Waals surface area (Å²) < 4.78 is 0. The summed E-state index contributed by atoms with van der Waals surface area (Å²) in [5.41, 5.74) is -0.382. The maximum atomic E-state index is 12.0. The van der Waals surface area contributed by atoms with Crippen LogP contribution in [0.3, 0.4) is 0 Å². The summed E-state index contributed by atoms with van der Waals surface area (Å²) in [7, 11) is 0. The van der Waals surface area contributed by atoms with Crippen LogP contribution in [-0.2, 0) is 0 Å². The van der Waals surface area contributed by atoms with Gasteiger partial charge in [0.15, 0.2) is 0 Å². The van der Waals surface area contributed by atoms with Crippen LogP contribution < -0.4 is 5.32 Å². The largest absolute Gasteiger partial charge is 0.323 e. The molecule has 4 heteroatoms. The minimum atomic E-state index is -0.381. The highest BCUT2D eigenvalue weighted by Crippen LogP contribution is 2.51. The molecule has 1 atom stereocenters. The zero-order valence-electron chi connectivity index (χ0n) is 11.3. The van der Waals surface area contributed by atoms with Gasteiger partial charge in [-0.2, -0.15) is 0 Å². The van der Waals surface area contributed by atoms with Crippen molar-refractivity contribution in [3.63, 3.8) is 0 Å². The molecule has 2 rings (SSSR count). The smallest absolute Gasteiger partial charge is 0.311 e. The summed E-state index contributed by atoms with van der Waals surface area (Å²) in [6.45, 7) is 9.33. The molecule has 1 heterocycles. The van der Waals surface area contributed by atoms with Crippen molar-refractivity contribution in [3.05, 3.63) is 0 Å². The van der Waals surface area contributed by atoms with Crippen molar-refractivity contribution >= 4 is 11.9 Å². The Balaban J connectivity index is 2.41. The third-order valence-electron chi connectivity index (χ3n) is 4.36. The molecule has 17 heavy (non-hydrogen) atoms. The first-order valence-corrected chi connectivity index (χ1v) is 6.49. The van der Waals surface area contributed by atoms with Gasteiger partial charge in [-0.25, -0.2) is 4.79 Å². The molecule has 96 valence electrons. The molecule has 1 aliphatic carbocycles. The van der Waals surface area contributed by atoms with Crippen LogP contribution in [0.1, 0.15) is 47.0 Å². The number of nitrogens with zero attached hydrogens (tertiary/aromatic N) is 1. The average molecular weight is 237 g/mol. The van der Waals surface area contributed by atoms with Crippen molar-refractivity contribution in [3.8, 4) is 0 Å². The lowest BCUT2D eigenvalue weighted by Gasteiger charge is -2.44. The molecule has 1 spiro atoms. The van der Waals surface area contributed by atoms with Gasteiger partial charge in [-0.1, -0.05) is 27.7 Å². The monoisotopic (exact) mass is 237 g/mol. The van der Waals surface area contributed by atoms with Crippen LogP contribution >= 0.6 is 0 Å². The zero-order chi connectivity index (χ0) is 12.8. The second-order valence-electron chi connectivity index (χ2n) is 6.41. The molecule has 0 aromatic carbocycles. The van der Waals surface area contributed by atoms with Crippen LogP contribution in [-0.4, -0.2) is 28.9 Å². The first-order chi connectivity index (χ1) is 7.81. The molecule has 0 aromatic heterocycles. The van der Waals surface area contributed by atoms with Gasteiger partial charge in [-0.15, -0.1) is 0 Å². The molecule has 1 saturated carbocycles. The fourth-order valence-corrected chi connectivity index (χ4v) is 3.49. The number of rotatable bonds is 2. The minimum absolute atomic E-state index is 0.00185. The molecular formula is C13H23N3O. The van der Waals surface area contributed by atoms with Gasteiger partial charge in [-0.05, 0) is 30.6 Å². The lowest BCUT2D eigenvalue weighted by Crippen LogP contribution is -2.57. The van der Waals surface area contributed by atoms with Crippen LogP contribution in [0.4, 0.5) is 4.79 Å². The van der Waals surface area contributed by atoms with Crippen LogP contribution in [0, 0.1) is 16.7 Å². The van der Waals surface area contributed by atoms with Gasteiger partial charge < -0.3 is 4.90 Å². The van der Waals surface area contributed by atoms with E-state index in [1.54, 1.807) is 0 Å². The van der Waals surface area contributed by atoms with Crippen LogP contribution in [0.5, 0.6) is 0 Å². The van der Waals surface area contributed by atoms with E-state index in [0.29, 0.717) is 11.8 Å². The molecule has 1 saturated heterocycles. The highest BCUT2D eigenvalue weighted by atomic mass is 16.2. The Morgan fingerprint density at radius 3 is 2.53 bits per heavy atom. The van der Waals surface area contributed by atoms with Gasteiger partial charge in [-0.3, -0.25) is 10.7 Å². The van der Waals surface area contributed by atoms with Gasteiger partial charge in [0, 0.05) is 6.54 Å². The van der Waals surface area contributed by atoms with E-state index in [4.69, 9.17) is 5.41 Å². The Bertz CT molecular complexity index is 362. The second kappa shape index (κ2) is 3.72. The predicted octanol–water partition coefficient (Wildman–Crippen LogP) is 2.59. The van der Waals surface area contributed by atoms with Gasteiger partial charge in [0.2, 0.25) is 0 Å². The SMILES string of the molecule is CC(C)CN1C(=O)NC(=N)C12CCCC2(C)C. The second-order valence-corrected chi connectivity index (χ2v) is 6.41. The van der Waals surface area contributed by atoms with E-state index in [1.807, 2.05) is 4.90 Å². The Kier molecular flexibility index (Phi) is 2.71. The van der Waals surface area contributed by atoms with E-state index >= 15 is 0 Å².